The highest BCUT2D eigenvalue weighted by Gasteiger charge is 2.31. The summed E-state index contributed by atoms with van der Waals surface area (Å²) in [6.07, 6.45) is 0.348. The van der Waals surface area contributed by atoms with Crippen LogP contribution >= 0.6 is 0 Å². The molecule has 0 aliphatic carbocycles. The van der Waals surface area contributed by atoms with E-state index in [4.69, 9.17) is 9.84 Å². The van der Waals surface area contributed by atoms with Crippen molar-refractivity contribution in [3.63, 3.8) is 0 Å². The van der Waals surface area contributed by atoms with Crippen molar-refractivity contribution in [1.82, 2.24) is 0 Å². The van der Waals surface area contributed by atoms with Crippen LogP contribution in [0.2, 0.25) is 0 Å². The van der Waals surface area contributed by atoms with Crippen LogP contribution in [0.3, 0.4) is 0 Å². The Balaban J connectivity index is 2.44. The molecule has 2 unspecified atom stereocenters. The molecule has 0 aromatic carbocycles. The molecule has 0 aromatic heterocycles. The van der Waals surface area contributed by atoms with Gasteiger partial charge in [-0.2, -0.15) is 0 Å². The molecule has 1 fully saturated rings. The highest BCUT2D eigenvalue weighted by molar-refractivity contribution is 5.76. The van der Waals surface area contributed by atoms with E-state index in [0.29, 0.717) is 6.42 Å². The second kappa shape index (κ2) is 2.35. The molecule has 2 atom stereocenters. The fraction of sp³-hybridized carbons (Fsp3) is 0.833. The molecule has 0 amide bonds. The molecule has 1 aliphatic heterocycles. The Labute approximate surface area is 53.6 Å². The normalized spacial score (nSPS) is 34.7. The predicted octanol–water partition coefficient (Wildman–Crippen LogP) is 0.0728. The van der Waals surface area contributed by atoms with Gasteiger partial charge < -0.3 is 9.84 Å². The lowest BCUT2D eigenvalue weighted by atomic mass is 10.2. The predicted molar refractivity (Wildman–Crippen MR) is 30.8 cm³/mol. The van der Waals surface area contributed by atoms with Crippen LogP contribution in [0.4, 0.5) is 0 Å². The Hall–Kier alpha value is -0.570. The molecule has 3 nitrogen and oxygen atoms in total. The third-order valence-corrected chi connectivity index (χ3v) is 1.50. The zero-order valence-corrected chi connectivity index (χ0v) is 5.33. The maximum atomic E-state index is 10.5. The number of hydrogen-bond donors (Lipinski definition) is 1. The fourth-order valence-electron chi connectivity index (χ4n) is 0.886. The molecular weight excluding hydrogens is 120 g/mol. The summed E-state index contributed by atoms with van der Waals surface area (Å²) in [6, 6.07) is 0. The zero-order valence-electron chi connectivity index (χ0n) is 5.33. The summed E-state index contributed by atoms with van der Waals surface area (Å²) in [5.41, 5.74) is 0. The van der Waals surface area contributed by atoms with Crippen molar-refractivity contribution in [3.8, 4) is 0 Å². The molecule has 52 valence electrons. The quantitative estimate of drug-likeness (QED) is 0.511. The average Bonchev–Trinajstić information content (AvgIpc) is 2.13. The number of carbonyl (C=O) groups is 1. The van der Waals surface area contributed by atoms with Gasteiger partial charge >= 0.3 is 5.97 Å². The molecule has 9 heavy (non-hydrogen) atoms. The molecule has 1 heterocycles. The summed E-state index contributed by atoms with van der Waals surface area (Å²) in [5.74, 6) is -0.471. The molecular formula is C6H10O3. The molecule has 3 heteroatoms. The highest BCUT2D eigenvalue weighted by atomic mass is 16.6. The van der Waals surface area contributed by atoms with Crippen molar-refractivity contribution in [3.05, 3.63) is 0 Å². The van der Waals surface area contributed by atoms with E-state index in [1.54, 1.807) is 0 Å². The van der Waals surface area contributed by atoms with Crippen LogP contribution in [0.1, 0.15) is 19.8 Å². The number of aliphatic hydroxyl groups is 1. The smallest absolute Gasteiger partial charge is 0.335 e. The van der Waals surface area contributed by atoms with E-state index in [1.165, 1.54) is 0 Å². The first kappa shape index (κ1) is 6.55. The van der Waals surface area contributed by atoms with Crippen molar-refractivity contribution in [2.75, 3.05) is 0 Å². The topological polar surface area (TPSA) is 46.5 Å². The number of rotatable bonds is 1. The van der Waals surface area contributed by atoms with Crippen molar-refractivity contribution in [1.29, 1.82) is 0 Å². The Morgan fingerprint density at radius 3 is 2.78 bits per heavy atom. The second-order valence-corrected chi connectivity index (χ2v) is 2.22. The standard InChI is InChI=1S/C6H10O3/c1-2-4-3-5(7)6(8)9-4/h4-5,7H,2-3H2,1H3. The molecule has 1 rings (SSSR count). The van der Waals surface area contributed by atoms with Crippen molar-refractivity contribution < 1.29 is 14.6 Å². The van der Waals surface area contributed by atoms with Crippen molar-refractivity contribution >= 4 is 5.97 Å². The molecule has 0 saturated carbocycles. The van der Waals surface area contributed by atoms with Gasteiger partial charge in [0, 0.05) is 6.42 Å². The van der Waals surface area contributed by atoms with Gasteiger partial charge in [-0.15, -0.1) is 0 Å². The van der Waals surface area contributed by atoms with Gasteiger partial charge in [0.2, 0.25) is 0 Å². The maximum Gasteiger partial charge on any atom is 0.335 e. The largest absolute Gasteiger partial charge is 0.460 e. The number of hydrogen-bond acceptors (Lipinski definition) is 3. The van der Waals surface area contributed by atoms with E-state index >= 15 is 0 Å². The molecule has 0 bridgehead atoms. The lowest BCUT2D eigenvalue weighted by Gasteiger charge is -2.01. The first-order chi connectivity index (χ1) is 4.24. The third-order valence-electron chi connectivity index (χ3n) is 1.50. The second-order valence-electron chi connectivity index (χ2n) is 2.22. The Morgan fingerprint density at radius 2 is 2.56 bits per heavy atom. The number of carbonyl (C=O) groups excluding carboxylic acids is 1. The van der Waals surface area contributed by atoms with Crippen LogP contribution < -0.4 is 0 Å². The fourth-order valence-corrected chi connectivity index (χ4v) is 0.886. The van der Waals surface area contributed by atoms with Gasteiger partial charge in [-0.3, -0.25) is 0 Å². The minimum Gasteiger partial charge on any atom is -0.460 e. The van der Waals surface area contributed by atoms with Gasteiger partial charge in [0.15, 0.2) is 6.10 Å². The van der Waals surface area contributed by atoms with E-state index in [1.807, 2.05) is 6.92 Å². The van der Waals surface area contributed by atoms with Gasteiger partial charge in [-0.05, 0) is 6.42 Å². The van der Waals surface area contributed by atoms with E-state index in [2.05, 4.69) is 0 Å². The number of esters is 1. The number of aliphatic hydroxyl groups excluding tert-OH is 1. The minimum atomic E-state index is -0.866. The minimum absolute atomic E-state index is 0.0486. The molecule has 0 spiro atoms. The van der Waals surface area contributed by atoms with Crippen LogP contribution in [0, 0.1) is 0 Å². The molecule has 1 saturated heterocycles. The van der Waals surface area contributed by atoms with Crippen LogP contribution in [0.25, 0.3) is 0 Å². The summed E-state index contributed by atoms with van der Waals surface area (Å²) in [5, 5.41) is 8.82. The van der Waals surface area contributed by atoms with Gasteiger partial charge in [0.1, 0.15) is 6.10 Å². The van der Waals surface area contributed by atoms with Crippen LogP contribution in [0.15, 0.2) is 0 Å². The Morgan fingerprint density at radius 1 is 1.89 bits per heavy atom. The monoisotopic (exact) mass is 130 g/mol. The molecule has 0 radical (unpaired) electrons. The third kappa shape index (κ3) is 1.21. The Kier molecular flexibility index (Phi) is 1.71. The lowest BCUT2D eigenvalue weighted by molar-refractivity contribution is -0.147. The SMILES string of the molecule is CCC1CC(O)C(=O)O1. The average molecular weight is 130 g/mol. The first-order valence-electron chi connectivity index (χ1n) is 3.12. The Bertz CT molecular complexity index is 121. The summed E-state index contributed by atoms with van der Waals surface area (Å²) >= 11 is 0. The zero-order chi connectivity index (χ0) is 6.85. The van der Waals surface area contributed by atoms with Gasteiger partial charge in [-0.1, -0.05) is 6.92 Å². The summed E-state index contributed by atoms with van der Waals surface area (Å²) in [4.78, 5) is 10.5. The van der Waals surface area contributed by atoms with Crippen molar-refractivity contribution in [2.45, 2.75) is 32.0 Å². The number of cyclic esters (lactones) is 1. The van der Waals surface area contributed by atoms with Gasteiger partial charge in [0.05, 0.1) is 0 Å². The van der Waals surface area contributed by atoms with E-state index in [-0.39, 0.29) is 6.10 Å². The summed E-state index contributed by atoms with van der Waals surface area (Å²) in [6.45, 7) is 1.93. The van der Waals surface area contributed by atoms with Gasteiger partial charge in [-0.25, -0.2) is 4.79 Å². The van der Waals surface area contributed by atoms with Crippen LogP contribution in [0.5, 0.6) is 0 Å². The first-order valence-corrected chi connectivity index (χ1v) is 3.12. The highest BCUT2D eigenvalue weighted by Crippen LogP contribution is 2.16. The lowest BCUT2D eigenvalue weighted by Crippen LogP contribution is -2.11. The van der Waals surface area contributed by atoms with E-state index in [0.717, 1.165) is 6.42 Å². The molecule has 0 aromatic rings. The molecule has 1 aliphatic rings. The molecule has 1 N–H and O–H groups in total. The van der Waals surface area contributed by atoms with Crippen LogP contribution in [-0.4, -0.2) is 23.3 Å². The maximum absolute atomic E-state index is 10.5. The van der Waals surface area contributed by atoms with Crippen molar-refractivity contribution in [2.24, 2.45) is 0 Å². The van der Waals surface area contributed by atoms with E-state index in [9.17, 15) is 4.79 Å². The summed E-state index contributed by atoms with van der Waals surface area (Å²) < 4.78 is 4.73. The van der Waals surface area contributed by atoms with E-state index < -0.39 is 12.1 Å². The number of ether oxygens (including phenoxy) is 1. The van der Waals surface area contributed by atoms with Crippen LogP contribution in [-0.2, 0) is 9.53 Å². The summed E-state index contributed by atoms with van der Waals surface area (Å²) in [7, 11) is 0. The van der Waals surface area contributed by atoms with Gasteiger partial charge in [0.25, 0.3) is 0 Å².